The largest absolute Gasteiger partial charge is 0.507 e. The zero-order valence-corrected chi connectivity index (χ0v) is 23.3. The number of amides is 1. The van der Waals surface area contributed by atoms with Gasteiger partial charge in [0, 0.05) is 25.7 Å². The minimum Gasteiger partial charge on any atom is -0.507 e. The number of pyridine rings is 1. The van der Waals surface area contributed by atoms with E-state index in [9.17, 15) is 24.2 Å². The van der Waals surface area contributed by atoms with Gasteiger partial charge in [0.1, 0.15) is 17.4 Å². The van der Waals surface area contributed by atoms with Crippen LogP contribution in [0.15, 0.2) is 47.3 Å². The first-order valence-corrected chi connectivity index (χ1v) is 13.3. The predicted molar refractivity (Wildman–Crippen MR) is 152 cm³/mol. The number of para-hydroxylation sites is 1. The van der Waals surface area contributed by atoms with Gasteiger partial charge in [0.25, 0.3) is 0 Å². The summed E-state index contributed by atoms with van der Waals surface area (Å²) in [6, 6.07) is 10.9. The van der Waals surface area contributed by atoms with E-state index in [4.69, 9.17) is 16.6 Å². The predicted octanol–water partition coefficient (Wildman–Crippen LogP) is 5.57. The van der Waals surface area contributed by atoms with Crippen molar-refractivity contribution in [1.29, 1.82) is 0 Å². The highest BCUT2D eigenvalue weighted by molar-refractivity contribution is 6.34. The van der Waals surface area contributed by atoms with Crippen LogP contribution in [0.5, 0.6) is 5.75 Å². The quantitative estimate of drug-likeness (QED) is 0.333. The van der Waals surface area contributed by atoms with Crippen molar-refractivity contribution in [2.24, 2.45) is 0 Å². The van der Waals surface area contributed by atoms with E-state index in [-0.39, 0.29) is 52.7 Å². The monoisotopic (exact) mass is 565 g/mol. The molecule has 11 heteroatoms. The van der Waals surface area contributed by atoms with E-state index < -0.39 is 17.6 Å². The van der Waals surface area contributed by atoms with Crippen LogP contribution in [-0.2, 0) is 0 Å². The van der Waals surface area contributed by atoms with Crippen LogP contribution in [0.4, 0.5) is 15.0 Å². The Morgan fingerprint density at radius 3 is 2.52 bits per heavy atom. The molecule has 3 heterocycles. The number of hydrogen-bond acceptors (Lipinski definition) is 6. The Balaban J connectivity index is 1.86. The fourth-order valence-corrected chi connectivity index (χ4v) is 5.59. The SMILES string of the molecule is Cc1cccc(C(C)C)c1-n1c(=O)nc(N2CCN(C(=O)O)CC2C)c2cc(Cl)c(-c3c(O)cccc3F)nc21. The van der Waals surface area contributed by atoms with Crippen molar-refractivity contribution in [3.05, 3.63) is 74.9 Å². The fraction of sp³-hybridized carbons (Fsp3) is 0.310. The van der Waals surface area contributed by atoms with Gasteiger partial charge in [0.15, 0.2) is 5.65 Å². The Morgan fingerprint density at radius 2 is 1.88 bits per heavy atom. The third-order valence-electron chi connectivity index (χ3n) is 7.31. The van der Waals surface area contributed by atoms with E-state index in [2.05, 4.69) is 4.98 Å². The number of aryl methyl sites for hydroxylation is 1. The lowest BCUT2D eigenvalue weighted by Crippen LogP contribution is -2.54. The minimum atomic E-state index is -1.01. The van der Waals surface area contributed by atoms with Gasteiger partial charge in [0.2, 0.25) is 0 Å². The number of anilines is 1. The Bertz CT molecular complexity index is 1690. The van der Waals surface area contributed by atoms with Crippen LogP contribution < -0.4 is 10.6 Å². The molecular formula is C29H29ClFN5O4. The van der Waals surface area contributed by atoms with E-state index in [0.717, 1.165) is 11.1 Å². The third kappa shape index (κ3) is 4.62. The van der Waals surface area contributed by atoms with Crippen LogP contribution >= 0.6 is 11.6 Å². The van der Waals surface area contributed by atoms with Crippen LogP contribution in [0.2, 0.25) is 5.02 Å². The van der Waals surface area contributed by atoms with E-state index >= 15 is 0 Å². The molecule has 4 aromatic rings. The molecule has 1 aliphatic rings. The maximum atomic E-state index is 15.0. The number of hydrogen-bond donors (Lipinski definition) is 2. The molecule has 1 atom stereocenters. The number of carbonyl (C=O) groups is 1. The summed E-state index contributed by atoms with van der Waals surface area (Å²) in [5, 5.41) is 20.5. The maximum absolute atomic E-state index is 15.0. The molecule has 40 heavy (non-hydrogen) atoms. The topological polar surface area (TPSA) is 112 Å². The van der Waals surface area contributed by atoms with Crippen LogP contribution in [0, 0.1) is 12.7 Å². The molecule has 2 N–H and O–H groups in total. The fourth-order valence-electron chi connectivity index (χ4n) is 5.35. The van der Waals surface area contributed by atoms with Gasteiger partial charge in [-0.15, -0.1) is 0 Å². The molecule has 0 spiro atoms. The van der Waals surface area contributed by atoms with Gasteiger partial charge in [-0.2, -0.15) is 4.98 Å². The summed E-state index contributed by atoms with van der Waals surface area (Å²) in [5.41, 5.74) is 1.75. The van der Waals surface area contributed by atoms with Gasteiger partial charge >= 0.3 is 11.8 Å². The molecular weight excluding hydrogens is 537 g/mol. The van der Waals surface area contributed by atoms with Crippen molar-refractivity contribution in [3.63, 3.8) is 0 Å². The number of rotatable bonds is 4. The van der Waals surface area contributed by atoms with E-state index in [1.165, 1.54) is 27.7 Å². The van der Waals surface area contributed by atoms with Gasteiger partial charge < -0.3 is 20.0 Å². The number of phenols is 1. The molecule has 2 aromatic heterocycles. The average Bonchev–Trinajstić information content (AvgIpc) is 2.89. The number of piperazine rings is 1. The number of carboxylic acid groups (broad SMARTS) is 1. The van der Waals surface area contributed by atoms with Gasteiger partial charge in [0.05, 0.1) is 27.4 Å². The van der Waals surface area contributed by atoms with Crippen LogP contribution in [0.3, 0.4) is 0 Å². The molecule has 0 radical (unpaired) electrons. The minimum absolute atomic E-state index is 0.0153. The highest BCUT2D eigenvalue weighted by atomic mass is 35.5. The zero-order valence-electron chi connectivity index (χ0n) is 22.5. The van der Waals surface area contributed by atoms with Gasteiger partial charge in [-0.05, 0) is 49.1 Å². The molecule has 1 aliphatic heterocycles. The molecule has 208 valence electrons. The van der Waals surface area contributed by atoms with E-state index in [1.54, 1.807) is 6.07 Å². The first-order valence-electron chi connectivity index (χ1n) is 12.9. The highest BCUT2D eigenvalue weighted by Gasteiger charge is 2.31. The summed E-state index contributed by atoms with van der Waals surface area (Å²) in [7, 11) is 0. The van der Waals surface area contributed by atoms with Crippen molar-refractivity contribution in [2.75, 3.05) is 24.5 Å². The van der Waals surface area contributed by atoms with Crippen LogP contribution in [-0.4, -0.2) is 61.4 Å². The summed E-state index contributed by atoms with van der Waals surface area (Å²) in [6.07, 6.45) is -1.01. The Morgan fingerprint density at radius 1 is 1.15 bits per heavy atom. The summed E-state index contributed by atoms with van der Waals surface area (Å²) >= 11 is 6.68. The number of nitrogens with zero attached hydrogens (tertiary/aromatic N) is 5. The van der Waals surface area contributed by atoms with Crippen molar-refractivity contribution in [1.82, 2.24) is 19.4 Å². The Kier molecular flexibility index (Phi) is 7.14. The molecule has 0 aliphatic carbocycles. The molecule has 1 fully saturated rings. The summed E-state index contributed by atoms with van der Waals surface area (Å²) in [5.74, 6) is -0.682. The normalized spacial score (nSPS) is 15.7. The van der Waals surface area contributed by atoms with Crippen molar-refractivity contribution in [3.8, 4) is 22.7 Å². The van der Waals surface area contributed by atoms with Crippen LogP contribution in [0.25, 0.3) is 28.0 Å². The number of aromatic nitrogens is 3. The molecule has 1 saturated heterocycles. The summed E-state index contributed by atoms with van der Waals surface area (Å²) in [4.78, 5) is 37.9. The second-order valence-electron chi connectivity index (χ2n) is 10.3. The molecule has 9 nitrogen and oxygen atoms in total. The van der Waals surface area contributed by atoms with Crippen molar-refractivity contribution < 1.29 is 19.4 Å². The molecule has 0 bridgehead atoms. The molecule has 2 aromatic carbocycles. The number of phenolic OH excluding ortho intramolecular Hbond substituents is 1. The van der Waals surface area contributed by atoms with Gasteiger partial charge in [-0.3, -0.25) is 0 Å². The average molecular weight is 566 g/mol. The number of aromatic hydroxyl groups is 1. The van der Waals surface area contributed by atoms with E-state index in [1.807, 2.05) is 50.8 Å². The Hall–Kier alpha value is -4.18. The number of benzene rings is 2. The molecule has 1 unspecified atom stereocenters. The smallest absolute Gasteiger partial charge is 0.407 e. The lowest BCUT2D eigenvalue weighted by Gasteiger charge is -2.39. The first-order chi connectivity index (χ1) is 19.0. The molecule has 0 saturated carbocycles. The van der Waals surface area contributed by atoms with E-state index in [0.29, 0.717) is 23.4 Å². The van der Waals surface area contributed by atoms with Gasteiger partial charge in [-0.25, -0.2) is 23.5 Å². The first kappa shape index (κ1) is 27.4. The standard InChI is InChI=1S/C29H29ClFN5O4/c1-15(2)18-8-5-7-16(3)25(18)36-27-19(13-20(30)24(32-27)23-21(31)9-6-10-22(23)37)26(33-28(36)38)35-12-11-34(29(39)40)14-17(35)4/h5-10,13,15,17,37H,11-12,14H2,1-4H3,(H,39,40). The second kappa shape index (κ2) is 10.4. The summed E-state index contributed by atoms with van der Waals surface area (Å²) in [6.45, 7) is 8.53. The third-order valence-corrected chi connectivity index (χ3v) is 7.60. The van der Waals surface area contributed by atoms with Gasteiger partial charge in [-0.1, -0.05) is 49.7 Å². The number of fused-ring (bicyclic) bond motifs is 1. The maximum Gasteiger partial charge on any atom is 0.407 e. The van der Waals surface area contributed by atoms with Crippen molar-refractivity contribution >= 4 is 34.5 Å². The second-order valence-corrected chi connectivity index (χ2v) is 10.7. The Labute approximate surface area is 235 Å². The van der Waals surface area contributed by atoms with Crippen LogP contribution in [0.1, 0.15) is 37.8 Å². The highest BCUT2D eigenvalue weighted by Crippen LogP contribution is 2.39. The number of halogens is 2. The van der Waals surface area contributed by atoms with Crippen molar-refractivity contribution in [2.45, 2.75) is 39.7 Å². The lowest BCUT2D eigenvalue weighted by atomic mass is 9.98. The zero-order chi connectivity index (χ0) is 28.9. The summed E-state index contributed by atoms with van der Waals surface area (Å²) < 4.78 is 16.4. The lowest BCUT2D eigenvalue weighted by molar-refractivity contribution is 0.136. The molecule has 5 rings (SSSR count). The molecule has 1 amide bonds.